The van der Waals surface area contributed by atoms with E-state index in [0.29, 0.717) is 18.7 Å². The van der Waals surface area contributed by atoms with Crippen LogP contribution in [0, 0.1) is 0 Å². The van der Waals surface area contributed by atoms with Crippen LogP contribution in [-0.4, -0.2) is 66.8 Å². The molecule has 29 heavy (non-hydrogen) atoms. The number of likely N-dealkylation sites (N-methyl/N-ethyl adjacent to an activating group) is 1. The van der Waals surface area contributed by atoms with E-state index in [1.165, 1.54) is 0 Å². The van der Waals surface area contributed by atoms with Crippen LogP contribution in [0.2, 0.25) is 0 Å². The molecule has 2 rings (SSSR count). The molecule has 0 spiro atoms. The van der Waals surface area contributed by atoms with Crippen LogP contribution in [-0.2, 0) is 13.1 Å². The van der Waals surface area contributed by atoms with Crippen molar-refractivity contribution < 1.29 is 4.79 Å². The molecule has 0 fully saturated rings. The number of amides is 1. The quantitative estimate of drug-likeness (QED) is 0.301. The maximum atomic E-state index is 12.3. The Kier molecular flexibility index (Phi) is 9.71. The lowest BCUT2D eigenvalue weighted by atomic mass is 10.1. The van der Waals surface area contributed by atoms with Crippen molar-refractivity contribution in [1.29, 1.82) is 0 Å². The minimum absolute atomic E-state index is 0.0543. The highest BCUT2D eigenvalue weighted by Crippen LogP contribution is 2.07. The van der Waals surface area contributed by atoms with Crippen LogP contribution in [0.25, 0.3) is 0 Å². The van der Waals surface area contributed by atoms with E-state index in [0.717, 1.165) is 44.1 Å². The van der Waals surface area contributed by atoms with Gasteiger partial charge < -0.3 is 20.9 Å². The number of aryl methyl sites for hydroxylation is 1. The van der Waals surface area contributed by atoms with Gasteiger partial charge in [0.25, 0.3) is 5.91 Å². The lowest BCUT2D eigenvalue weighted by molar-refractivity contribution is 0.0951. The molecule has 0 bridgehead atoms. The molecule has 0 unspecified atom stereocenters. The van der Waals surface area contributed by atoms with E-state index in [1.807, 2.05) is 67.1 Å². The number of benzene rings is 1. The molecule has 1 heterocycles. The van der Waals surface area contributed by atoms with Gasteiger partial charge in [-0.1, -0.05) is 12.1 Å². The molecule has 2 aromatic rings. The zero-order chi connectivity index (χ0) is 20.9. The fraction of sp³-hybridized carbons (Fsp3) is 0.476. The summed E-state index contributed by atoms with van der Waals surface area (Å²) in [6, 6.07) is 9.54. The van der Waals surface area contributed by atoms with Crippen LogP contribution in [0.5, 0.6) is 0 Å². The van der Waals surface area contributed by atoms with Crippen LogP contribution in [0.1, 0.15) is 29.3 Å². The predicted octanol–water partition coefficient (Wildman–Crippen LogP) is 1.32. The van der Waals surface area contributed by atoms with E-state index in [-0.39, 0.29) is 5.91 Å². The zero-order valence-corrected chi connectivity index (χ0v) is 17.7. The summed E-state index contributed by atoms with van der Waals surface area (Å²) in [4.78, 5) is 19.0. The van der Waals surface area contributed by atoms with Gasteiger partial charge in [0.15, 0.2) is 5.96 Å². The Morgan fingerprint density at radius 1 is 1.17 bits per heavy atom. The molecular weight excluding hydrogens is 366 g/mol. The van der Waals surface area contributed by atoms with E-state index in [9.17, 15) is 4.79 Å². The van der Waals surface area contributed by atoms with Crippen molar-refractivity contribution in [1.82, 2.24) is 30.6 Å². The molecule has 0 radical (unpaired) electrons. The molecule has 1 aromatic carbocycles. The zero-order valence-electron chi connectivity index (χ0n) is 17.7. The molecule has 0 aliphatic rings. The molecule has 8 nitrogen and oxygen atoms in total. The topological polar surface area (TPSA) is 86.6 Å². The Morgan fingerprint density at radius 2 is 2.03 bits per heavy atom. The highest BCUT2D eigenvalue weighted by Gasteiger charge is 2.06. The highest BCUT2D eigenvalue weighted by atomic mass is 16.1. The van der Waals surface area contributed by atoms with Gasteiger partial charge in [-0.2, -0.15) is 5.10 Å². The molecule has 0 saturated carbocycles. The number of aromatic nitrogens is 2. The third-order valence-electron chi connectivity index (χ3n) is 4.21. The maximum Gasteiger partial charge on any atom is 0.251 e. The number of hydrogen-bond acceptors (Lipinski definition) is 4. The SMILES string of the molecule is CCNC(=NCc1cccc(C(=O)NCCN(C)C)c1)NCCCn1cccn1. The molecular formula is C21H33N7O. The van der Waals surface area contributed by atoms with Crippen LogP contribution in [0.4, 0.5) is 0 Å². The Bertz CT molecular complexity index is 756. The van der Waals surface area contributed by atoms with Gasteiger partial charge in [0.2, 0.25) is 0 Å². The van der Waals surface area contributed by atoms with Gasteiger partial charge in [0.05, 0.1) is 6.54 Å². The lowest BCUT2D eigenvalue weighted by Crippen LogP contribution is -2.38. The van der Waals surface area contributed by atoms with Gasteiger partial charge in [0, 0.05) is 50.7 Å². The third-order valence-corrected chi connectivity index (χ3v) is 4.21. The first-order chi connectivity index (χ1) is 14.1. The van der Waals surface area contributed by atoms with Gasteiger partial charge in [0.1, 0.15) is 0 Å². The van der Waals surface area contributed by atoms with Gasteiger partial charge in [-0.3, -0.25) is 9.48 Å². The average Bonchev–Trinajstić information content (AvgIpc) is 3.22. The third kappa shape index (κ3) is 8.78. The molecule has 1 amide bonds. The van der Waals surface area contributed by atoms with Crippen molar-refractivity contribution in [3.63, 3.8) is 0 Å². The number of nitrogens with one attached hydrogen (secondary N) is 3. The Balaban J connectivity index is 1.84. The van der Waals surface area contributed by atoms with E-state index >= 15 is 0 Å². The minimum Gasteiger partial charge on any atom is -0.357 e. The summed E-state index contributed by atoms with van der Waals surface area (Å²) in [5.74, 6) is 0.718. The smallest absolute Gasteiger partial charge is 0.251 e. The second-order valence-corrected chi connectivity index (χ2v) is 7.00. The number of guanidine groups is 1. The van der Waals surface area contributed by atoms with Crippen molar-refractivity contribution in [3.8, 4) is 0 Å². The molecule has 158 valence electrons. The summed E-state index contributed by atoms with van der Waals surface area (Å²) in [7, 11) is 3.97. The van der Waals surface area contributed by atoms with Crippen molar-refractivity contribution >= 4 is 11.9 Å². The molecule has 0 atom stereocenters. The summed E-state index contributed by atoms with van der Waals surface area (Å²) in [5, 5.41) is 13.7. The number of nitrogens with zero attached hydrogens (tertiary/aromatic N) is 4. The van der Waals surface area contributed by atoms with Crippen molar-refractivity contribution in [3.05, 3.63) is 53.9 Å². The minimum atomic E-state index is -0.0543. The average molecular weight is 400 g/mol. The van der Waals surface area contributed by atoms with Gasteiger partial charge in [-0.05, 0) is 51.2 Å². The van der Waals surface area contributed by atoms with Crippen LogP contribution < -0.4 is 16.0 Å². The summed E-state index contributed by atoms with van der Waals surface area (Å²) >= 11 is 0. The van der Waals surface area contributed by atoms with E-state index in [1.54, 1.807) is 6.20 Å². The van der Waals surface area contributed by atoms with Crippen LogP contribution in [0.15, 0.2) is 47.7 Å². The highest BCUT2D eigenvalue weighted by molar-refractivity contribution is 5.94. The monoisotopic (exact) mass is 399 g/mol. The second kappa shape index (κ2) is 12.6. The normalized spacial score (nSPS) is 11.5. The number of aliphatic imine (C=N–C) groups is 1. The van der Waals surface area contributed by atoms with E-state index < -0.39 is 0 Å². The standard InChI is InChI=1S/C21H33N7O/c1-4-22-21(24-10-6-13-28-14-7-11-26-28)25-17-18-8-5-9-19(16-18)20(29)23-12-15-27(2)3/h5,7-9,11,14,16H,4,6,10,12-13,15,17H2,1-3H3,(H,23,29)(H2,22,24,25). The fourth-order valence-corrected chi connectivity index (χ4v) is 2.70. The van der Waals surface area contributed by atoms with Crippen LogP contribution in [0.3, 0.4) is 0 Å². The molecule has 1 aromatic heterocycles. The Hall–Kier alpha value is -2.87. The molecule has 0 saturated heterocycles. The maximum absolute atomic E-state index is 12.3. The summed E-state index contributed by atoms with van der Waals surface area (Å²) < 4.78 is 1.92. The van der Waals surface area contributed by atoms with Crippen molar-refractivity contribution in [2.24, 2.45) is 4.99 Å². The van der Waals surface area contributed by atoms with E-state index in [2.05, 4.69) is 26.0 Å². The Morgan fingerprint density at radius 3 is 2.76 bits per heavy atom. The largest absolute Gasteiger partial charge is 0.357 e. The summed E-state index contributed by atoms with van der Waals surface area (Å²) in [6.07, 6.45) is 4.70. The first-order valence-electron chi connectivity index (χ1n) is 10.1. The van der Waals surface area contributed by atoms with Crippen LogP contribution >= 0.6 is 0 Å². The lowest BCUT2D eigenvalue weighted by Gasteiger charge is -2.12. The van der Waals surface area contributed by atoms with Gasteiger partial charge in [-0.25, -0.2) is 4.99 Å². The summed E-state index contributed by atoms with van der Waals surface area (Å²) in [6.45, 7) is 6.45. The molecule has 0 aliphatic heterocycles. The van der Waals surface area contributed by atoms with Gasteiger partial charge in [-0.15, -0.1) is 0 Å². The van der Waals surface area contributed by atoms with E-state index in [4.69, 9.17) is 0 Å². The first kappa shape index (κ1) is 22.4. The molecule has 0 aliphatic carbocycles. The number of carbonyl (C=O) groups excluding carboxylic acids is 1. The van der Waals surface area contributed by atoms with Gasteiger partial charge >= 0.3 is 0 Å². The number of carbonyl (C=O) groups is 1. The predicted molar refractivity (Wildman–Crippen MR) is 117 cm³/mol. The van der Waals surface area contributed by atoms with Crippen molar-refractivity contribution in [2.45, 2.75) is 26.4 Å². The summed E-state index contributed by atoms with van der Waals surface area (Å²) in [5.41, 5.74) is 1.66. The molecule has 3 N–H and O–H groups in total. The number of rotatable bonds is 11. The Labute approximate surface area is 173 Å². The fourth-order valence-electron chi connectivity index (χ4n) is 2.70. The van der Waals surface area contributed by atoms with Crippen molar-refractivity contribution in [2.75, 3.05) is 40.3 Å². The number of hydrogen-bond donors (Lipinski definition) is 3. The first-order valence-corrected chi connectivity index (χ1v) is 10.1. The second-order valence-electron chi connectivity index (χ2n) is 7.00. The molecule has 8 heteroatoms.